The van der Waals surface area contributed by atoms with Gasteiger partial charge in [0, 0.05) is 5.56 Å². The molecule has 150 valence electrons. The van der Waals surface area contributed by atoms with Crippen LogP contribution in [-0.2, 0) is 4.79 Å². The van der Waals surface area contributed by atoms with Crippen LogP contribution >= 0.6 is 0 Å². The summed E-state index contributed by atoms with van der Waals surface area (Å²) in [4.78, 5) is 36.7. The first-order valence-corrected chi connectivity index (χ1v) is 8.94. The molecule has 3 N–H and O–H groups in total. The molecular formula is C21H20FN3O4. The van der Waals surface area contributed by atoms with Crippen molar-refractivity contribution in [2.24, 2.45) is 0 Å². The summed E-state index contributed by atoms with van der Waals surface area (Å²) in [7, 11) is 0. The van der Waals surface area contributed by atoms with Crippen LogP contribution in [-0.4, -0.2) is 26.8 Å². The van der Waals surface area contributed by atoms with Crippen LogP contribution < -0.4 is 10.9 Å². The molecule has 1 heterocycles. The van der Waals surface area contributed by atoms with Gasteiger partial charge in [-0.3, -0.25) is 19.5 Å². The van der Waals surface area contributed by atoms with Gasteiger partial charge in [0.25, 0.3) is 11.5 Å². The molecular weight excluding hydrogens is 377 g/mol. The number of rotatable bonds is 6. The number of nitrogens with zero attached hydrogens (tertiary/aromatic N) is 1. The Labute approximate surface area is 165 Å². The third-order valence-corrected chi connectivity index (χ3v) is 4.69. The maximum absolute atomic E-state index is 14.1. The van der Waals surface area contributed by atoms with Crippen molar-refractivity contribution in [2.75, 3.05) is 0 Å². The van der Waals surface area contributed by atoms with Crippen LogP contribution in [0.25, 0.3) is 5.69 Å². The van der Waals surface area contributed by atoms with Gasteiger partial charge in [0.2, 0.25) is 0 Å². The van der Waals surface area contributed by atoms with E-state index >= 15 is 0 Å². The summed E-state index contributed by atoms with van der Waals surface area (Å²) in [6, 6.07) is 12.0. The summed E-state index contributed by atoms with van der Waals surface area (Å²) in [5.41, 5.74) is 0.961. The number of para-hydroxylation sites is 1. The highest BCUT2D eigenvalue weighted by atomic mass is 19.1. The van der Waals surface area contributed by atoms with Gasteiger partial charge in [0.05, 0.1) is 12.5 Å². The third kappa shape index (κ3) is 4.11. The Bertz CT molecular complexity index is 1130. The first kappa shape index (κ1) is 20.1. The predicted molar refractivity (Wildman–Crippen MR) is 105 cm³/mol. The molecule has 0 bridgehead atoms. The van der Waals surface area contributed by atoms with E-state index in [1.54, 1.807) is 18.2 Å². The molecule has 0 aliphatic heterocycles. The van der Waals surface area contributed by atoms with E-state index in [0.29, 0.717) is 5.56 Å². The van der Waals surface area contributed by atoms with E-state index in [1.807, 2.05) is 19.1 Å². The van der Waals surface area contributed by atoms with Gasteiger partial charge in [0.15, 0.2) is 0 Å². The molecule has 0 radical (unpaired) electrons. The molecule has 3 aromatic rings. The molecule has 1 atom stereocenters. The van der Waals surface area contributed by atoms with E-state index in [2.05, 4.69) is 10.4 Å². The highest BCUT2D eigenvalue weighted by Crippen LogP contribution is 2.21. The van der Waals surface area contributed by atoms with Crippen LogP contribution in [0, 0.1) is 19.7 Å². The molecule has 0 spiro atoms. The summed E-state index contributed by atoms with van der Waals surface area (Å²) in [6.45, 7) is 3.27. The van der Waals surface area contributed by atoms with Gasteiger partial charge in [-0.2, -0.15) is 0 Å². The van der Waals surface area contributed by atoms with Crippen molar-refractivity contribution in [3.05, 3.63) is 87.1 Å². The maximum atomic E-state index is 14.1. The average molecular weight is 397 g/mol. The predicted octanol–water partition coefficient (Wildman–Crippen LogP) is 2.87. The molecule has 7 nitrogen and oxygen atoms in total. The van der Waals surface area contributed by atoms with Gasteiger partial charge < -0.3 is 10.4 Å². The third-order valence-electron chi connectivity index (χ3n) is 4.69. The quantitative estimate of drug-likeness (QED) is 0.595. The van der Waals surface area contributed by atoms with Crippen molar-refractivity contribution < 1.29 is 19.1 Å². The zero-order chi connectivity index (χ0) is 21.1. The Morgan fingerprint density at radius 2 is 1.79 bits per heavy atom. The van der Waals surface area contributed by atoms with E-state index in [-0.39, 0.29) is 23.4 Å². The molecule has 0 saturated heterocycles. The minimum absolute atomic E-state index is 0.0133. The second-order valence-corrected chi connectivity index (χ2v) is 6.68. The van der Waals surface area contributed by atoms with E-state index in [4.69, 9.17) is 0 Å². The number of nitrogens with one attached hydrogen (secondary N) is 2. The topological polar surface area (TPSA) is 104 Å². The number of amides is 1. The van der Waals surface area contributed by atoms with Gasteiger partial charge in [-0.15, -0.1) is 0 Å². The number of aromatic nitrogens is 2. The van der Waals surface area contributed by atoms with Crippen LogP contribution in [0.2, 0.25) is 0 Å². The molecule has 8 heteroatoms. The molecule has 2 aromatic carbocycles. The second kappa shape index (κ2) is 8.14. The van der Waals surface area contributed by atoms with E-state index in [1.165, 1.54) is 25.1 Å². The number of carbonyl (C=O) groups excluding carboxylic acids is 1. The smallest absolute Gasteiger partial charge is 0.305 e. The Hall–Kier alpha value is -3.68. The van der Waals surface area contributed by atoms with E-state index in [0.717, 1.165) is 10.2 Å². The molecule has 1 unspecified atom stereocenters. The fraction of sp³-hybridized carbons (Fsp3) is 0.190. The Balaban J connectivity index is 1.96. The van der Waals surface area contributed by atoms with Crippen molar-refractivity contribution in [1.82, 2.24) is 15.1 Å². The van der Waals surface area contributed by atoms with Crippen LogP contribution in [0.1, 0.15) is 39.6 Å². The summed E-state index contributed by atoms with van der Waals surface area (Å²) in [5, 5.41) is 14.6. The van der Waals surface area contributed by atoms with Crippen molar-refractivity contribution in [1.29, 1.82) is 0 Å². The Kier molecular flexibility index (Phi) is 5.63. The molecule has 3 rings (SSSR count). The lowest BCUT2D eigenvalue weighted by Gasteiger charge is -2.19. The minimum atomic E-state index is -1.08. The first-order chi connectivity index (χ1) is 13.8. The molecule has 0 fully saturated rings. The fourth-order valence-electron chi connectivity index (χ4n) is 3.17. The number of benzene rings is 2. The van der Waals surface area contributed by atoms with E-state index in [9.17, 15) is 23.9 Å². The van der Waals surface area contributed by atoms with Gasteiger partial charge in [-0.1, -0.05) is 36.4 Å². The highest BCUT2D eigenvalue weighted by molar-refractivity contribution is 5.94. The summed E-state index contributed by atoms with van der Waals surface area (Å²) in [5.74, 6) is -2.34. The van der Waals surface area contributed by atoms with E-state index < -0.39 is 29.3 Å². The van der Waals surface area contributed by atoms with Crippen molar-refractivity contribution in [3.8, 4) is 5.69 Å². The number of carboxylic acids is 1. The number of hydrogen-bond donors (Lipinski definition) is 3. The lowest BCUT2D eigenvalue weighted by molar-refractivity contribution is -0.137. The number of carbonyl (C=O) groups is 2. The Morgan fingerprint density at radius 1 is 1.14 bits per heavy atom. The summed E-state index contributed by atoms with van der Waals surface area (Å²) in [6.07, 6.45) is -0.326. The molecule has 0 saturated carbocycles. The number of H-pyrrole nitrogens is 1. The SMILES string of the molecule is Cc1ccccc1C(CC(=O)O)NC(=O)c1[nH]n(-c2ccccc2F)c(=O)c1C. The maximum Gasteiger partial charge on any atom is 0.305 e. The van der Waals surface area contributed by atoms with Gasteiger partial charge in [-0.05, 0) is 37.1 Å². The monoisotopic (exact) mass is 397 g/mol. The standard InChI is InChI=1S/C21H20FN3O4/c1-12-7-3-4-8-14(12)16(11-18(26)27)23-20(28)19-13(2)21(29)25(24-19)17-10-6-5-9-15(17)22/h3-10,16,24H,11H2,1-2H3,(H,23,28)(H,26,27). The lowest BCUT2D eigenvalue weighted by Crippen LogP contribution is -2.31. The van der Waals surface area contributed by atoms with Crippen molar-refractivity contribution in [3.63, 3.8) is 0 Å². The fourth-order valence-corrected chi connectivity index (χ4v) is 3.17. The first-order valence-electron chi connectivity index (χ1n) is 8.94. The minimum Gasteiger partial charge on any atom is -0.481 e. The van der Waals surface area contributed by atoms with Crippen LogP contribution in [0.3, 0.4) is 0 Å². The van der Waals surface area contributed by atoms with Crippen LogP contribution in [0.15, 0.2) is 53.3 Å². The Morgan fingerprint density at radius 3 is 2.45 bits per heavy atom. The van der Waals surface area contributed by atoms with Gasteiger partial charge in [0.1, 0.15) is 17.2 Å². The van der Waals surface area contributed by atoms with Gasteiger partial charge >= 0.3 is 5.97 Å². The number of aromatic amines is 1. The second-order valence-electron chi connectivity index (χ2n) is 6.68. The highest BCUT2D eigenvalue weighted by Gasteiger charge is 2.24. The lowest BCUT2D eigenvalue weighted by atomic mass is 9.98. The number of hydrogen-bond acceptors (Lipinski definition) is 3. The average Bonchev–Trinajstić information content (AvgIpc) is 2.97. The van der Waals surface area contributed by atoms with Crippen LogP contribution in [0.5, 0.6) is 0 Å². The zero-order valence-corrected chi connectivity index (χ0v) is 15.9. The molecule has 1 amide bonds. The normalized spacial score (nSPS) is 11.8. The number of aryl methyl sites for hydroxylation is 1. The zero-order valence-electron chi connectivity index (χ0n) is 15.9. The van der Waals surface area contributed by atoms with Gasteiger partial charge in [-0.25, -0.2) is 9.07 Å². The molecule has 0 aliphatic carbocycles. The molecule has 0 aliphatic rings. The molecule has 1 aromatic heterocycles. The van der Waals surface area contributed by atoms with Crippen LogP contribution in [0.4, 0.5) is 4.39 Å². The number of halogens is 1. The summed E-state index contributed by atoms with van der Waals surface area (Å²) >= 11 is 0. The van der Waals surface area contributed by atoms with Crippen molar-refractivity contribution >= 4 is 11.9 Å². The largest absolute Gasteiger partial charge is 0.481 e. The molecule has 29 heavy (non-hydrogen) atoms. The summed E-state index contributed by atoms with van der Waals surface area (Å²) < 4.78 is 15.0. The number of carboxylic acid groups (broad SMARTS) is 1. The van der Waals surface area contributed by atoms with Crippen molar-refractivity contribution in [2.45, 2.75) is 26.3 Å². The number of aliphatic carboxylic acids is 1.